The van der Waals surface area contributed by atoms with Crippen LogP contribution in [0.15, 0.2) is 24.3 Å². The van der Waals surface area contributed by atoms with Crippen molar-refractivity contribution in [1.82, 2.24) is 19.9 Å². The number of nitrogens with one attached hydrogen (secondary N) is 1. The number of para-hydroxylation sites is 2. The van der Waals surface area contributed by atoms with E-state index >= 15 is 0 Å². The Morgan fingerprint density at radius 3 is 2.83 bits per heavy atom. The Balaban J connectivity index is 1.68. The minimum absolute atomic E-state index is 0.540. The molecule has 1 atom stereocenters. The molecular formula is C18H19N5. The number of aromatic amines is 1. The van der Waals surface area contributed by atoms with E-state index in [1.807, 2.05) is 18.2 Å². The second-order valence-electron chi connectivity index (χ2n) is 6.58. The van der Waals surface area contributed by atoms with Gasteiger partial charge in [-0.25, -0.2) is 15.0 Å². The highest BCUT2D eigenvalue weighted by Gasteiger charge is 2.29. The van der Waals surface area contributed by atoms with E-state index in [0.29, 0.717) is 6.04 Å². The first kappa shape index (κ1) is 13.0. The molecule has 1 N–H and O–H groups in total. The van der Waals surface area contributed by atoms with Gasteiger partial charge in [-0.1, -0.05) is 12.1 Å². The quantitative estimate of drug-likeness (QED) is 0.790. The lowest BCUT2D eigenvalue weighted by atomic mass is 10.1. The maximum absolute atomic E-state index is 4.90. The van der Waals surface area contributed by atoms with Gasteiger partial charge in [-0.15, -0.1) is 0 Å². The van der Waals surface area contributed by atoms with Gasteiger partial charge in [-0.3, -0.25) is 0 Å². The Hall–Kier alpha value is -2.43. The smallest absolute Gasteiger partial charge is 0.226 e. The van der Waals surface area contributed by atoms with Crippen LogP contribution in [0.2, 0.25) is 0 Å². The molecule has 23 heavy (non-hydrogen) atoms. The number of aromatic nitrogens is 4. The van der Waals surface area contributed by atoms with Crippen LogP contribution in [-0.2, 0) is 12.8 Å². The van der Waals surface area contributed by atoms with Gasteiger partial charge in [0.15, 0.2) is 5.82 Å². The summed E-state index contributed by atoms with van der Waals surface area (Å²) in [5.41, 5.74) is 5.54. The molecule has 5 rings (SSSR count). The van der Waals surface area contributed by atoms with Crippen molar-refractivity contribution >= 4 is 17.0 Å². The van der Waals surface area contributed by atoms with Crippen molar-refractivity contribution in [3.63, 3.8) is 0 Å². The summed E-state index contributed by atoms with van der Waals surface area (Å²) in [6.07, 6.45) is 4.49. The molecule has 1 saturated heterocycles. The molecule has 2 aliphatic rings. The zero-order valence-corrected chi connectivity index (χ0v) is 13.2. The highest BCUT2D eigenvalue weighted by atomic mass is 15.3. The van der Waals surface area contributed by atoms with Gasteiger partial charge in [0.2, 0.25) is 5.95 Å². The Morgan fingerprint density at radius 1 is 1.13 bits per heavy atom. The van der Waals surface area contributed by atoms with Crippen molar-refractivity contribution in [3.8, 4) is 11.5 Å². The van der Waals surface area contributed by atoms with Gasteiger partial charge in [-0.2, -0.15) is 0 Å². The first-order chi connectivity index (χ1) is 11.3. The Morgan fingerprint density at radius 2 is 2.04 bits per heavy atom. The minimum atomic E-state index is 0.540. The molecule has 3 heterocycles. The van der Waals surface area contributed by atoms with Crippen molar-refractivity contribution < 1.29 is 0 Å². The maximum atomic E-state index is 4.90. The summed E-state index contributed by atoms with van der Waals surface area (Å²) in [4.78, 5) is 20.2. The van der Waals surface area contributed by atoms with Crippen molar-refractivity contribution in [1.29, 1.82) is 0 Å². The summed E-state index contributed by atoms with van der Waals surface area (Å²) in [6.45, 7) is 3.29. The largest absolute Gasteiger partial charge is 0.338 e. The number of imidazole rings is 1. The molecule has 5 heteroatoms. The summed E-state index contributed by atoms with van der Waals surface area (Å²) >= 11 is 0. The fraction of sp³-hybridized carbons (Fsp3) is 0.389. The first-order valence-electron chi connectivity index (χ1n) is 8.41. The number of benzene rings is 1. The molecule has 1 aromatic carbocycles. The summed E-state index contributed by atoms with van der Waals surface area (Å²) < 4.78 is 0. The Labute approximate surface area is 134 Å². The number of nitrogens with zero attached hydrogens (tertiary/aromatic N) is 4. The van der Waals surface area contributed by atoms with Crippen LogP contribution in [-0.4, -0.2) is 32.5 Å². The second-order valence-corrected chi connectivity index (χ2v) is 6.58. The van der Waals surface area contributed by atoms with Gasteiger partial charge >= 0.3 is 0 Å². The maximum Gasteiger partial charge on any atom is 0.226 e. The molecule has 5 nitrogen and oxygen atoms in total. The van der Waals surface area contributed by atoms with Crippen molar-refractivity contribution in [2.75, 3.05) is 11.4 Å². The van der Waals surface area contributed by atoms with Crippen LogP contribution in [0, 0.1) is 0 Å². The fourth-order valence-electron chi connectivity index (χ4n) is 3.62. The number of hydrogen-bond acceptors (Lipinski definition) is 4. The fourth-order valence-corrected chi connectivity index (χ4v) is 3.62. The van der Waals surface area contributed by atoms with E-state index in [0.717, 1.165) is 54.3 Å². The third-order valence-corrected chi connectivity index (χ3v) is 5.11. The van der Waals surface area contributed by atoms with Crippen LogP contribution in [0.5, 0.6) is 0 Å². The summed E-state index contributed by atoms with van der Waals surface area (Å²) in [5.74, 6) is 1.75. The molecule has 1 fully saturated rings. The third kappa shape index (κ3) is 1.96. The van der Waals surface area contributed by atoms with E-state index in [1.54, 1.807) is 0 Å². The van der Waals surface area contributed by atoms with Gasteiger partial charge in [0.1, 0.15) is 5.69 Å². The number of anilines is 1. The summed E-state index contributed by atoms with van der Waals surface area (Å²) in [5, 5.41) is 0. The Bertz CT molecular complexity index is 865. The molecule has 0 saturated carbocycles. The molecule has 0 amide bonds. The second kappa shape index (κ2) is 4.78. The average Bonchev–Trinajstić information content (AvgIpc) is 3.18. The predicted octanol–water partition coefficient (Wildman–Crippen LogP) is 3.11. The standard InChI is InChI=1S/C18H19N5/c1-11-9-10-23(11)18-21-13-8-4-5-12(13)16(22-18)17-19-14-6-2-3-7-15(14)20-17/h2-3,6-7,11H,4-5,8-10H2,1H3,(H,19,20)/t11-/m0/s1. The van der Waals surface area contributed by atoms with Crippen LogP contribution in [0.4, 0.5) is 5.95 Å². The number of aryl methyl sites for hydroxylation is 1. The molecule has 116 valence electrons. The van der Waals surface area contributed by atoms with Crippen LogP contribution < -0.4 is 4.90 Å². The summed E-state index contributed by atoms with van der Waals surface area (Å²) in [7, 11) is 0. The average molecular weight is 305 g/mol. The van der Waals surface area contributed by atoms with Gasteiger partial charge in [-0.05, 0) is 44.7 Å². The van der Waals surface area contributed by atoms with Crippen molar-refractivity contribution in [2.24, 2.45) is 0 Å². The molecule has 1 aliphatic carbocycles. The predicted molar refractivity (Wildman–Crippen MR) is 90.6 cm³/mol. The van der Waals surface area contributed by atoms with Gasteiger partial charge in [0, 0.05) is 23.8 Å². The SMILES string of the molecule is C[C@H]1CCN1c1nc2c(c(-c3nc4ccccc4[nH]3)n1)CCC2. The number of rotatable bonds is 2. The molecule has 1 aliphatic heterocycles. The monoisotopic (exact) mass is 305 g/mol. The molecule has 0 bridgehead atoms. The normalized spacial score (nSPS) is 19.9. The van der Waals surface area contributed by atoms with E-state index in [1.165, 1.54) is 17.7 Å². The van der Waals surface area contributed by atoms with E-state index < -0.39 is 0 Å². The van der Waals surface area contributed by atoms with Gasteiger partial charge in [0.25, 0.3) is 0 Å². The van der Waals surface area contributed by atoms with Gasteiger partial charge < -0.3 is 9.88 Å². The highest BCUT2D eigenvalue weighted by molar-refractivity contribution is 5.79. The van der Waals surface area contributed by atoms with Crippen LogP contribution in [0.25, 0.3) is 22.6 Å². The lowest BCUT2D eigenvalue weighted by Gasteiger charge is -2.39. The highest BCUT2D eigenvalue weighted by Crippen LogP contribution is 2.33. The van der Waals surface area contributed by atoms with E-state index in [2.05, 4.69) is 22.9 Å². The zero-order valence-electron chi connectivity index (χ0n) is 13.2. The minimum Gasteiger partial charge on any atom is -0.338 e. The van der Waals surface area contributed by atoms with E-state index in [9.17, 15) is 0 Å². The van der Waals surface area contributed by atoms with E-state index in [4.69, 9.17) is 15.0 Å². The van der Waals surface area contributed by atoms with Crippen molar-refractivity contribution in [2.45, 2.75) is 38.6 Å². The Kier molecular flexibility index (Phi) is 2.71. The lowest BCUT2D eigenvalue weighted by Crippen LogP contribution is -2.46. The lowest BCUT2D eigenvalue weighted by molar-refractivity contribution is 0.470. The zero-order chi connectivity index (χ0) is 15.4. The molecule has 0 unspecified atom stereocenters. The first-order valence-corrected chi connectivity index (χ1v) is 8.41. The summed E-state index contributed by atoms with van der Waals surface area (Å²) in [6, 6.07) is 8.69. The van der Waals surface area contributed by atoms with Crippen LogP contribution in [0.1, 0.15) is 31.0 Å². The van der Waals surface area contributed by atoms with Crippen LogP contribution >= 0.6 is 0 Å². The number of hydrogen-bond donors (Lipinski definition) is 1. The van der Waals surface area contributed by atoms with E-state index in [-0.39, 0.29) is 0 Å². The number of fused-ring (bicyclic) bond motifs is 2. The molecule has 0 spiro atoms. The molecular weight excluding hydrogens is 286 g/mol. The molecule has 2 aromatic heterocycles. The third-order valence-electron chi connectivity index (χ3n) is 5.11. The topological polar surface area (TPSA) is 57.7 Å². The van der Waals surface area contributed by atoms with Crippen LogP contribution in [0.3, 0.4) is 0 Å². The molecule has 0 radical (unpaired) electrons. The van der Waals surface area contributed by atoms with Crippen molar-refractivity contribution in [3.05, 3.63) is 35.5 Å². The van der Waals surface area contributed by atoms with Gasteiger partial charge in [0.05, 0.1) is 11.0 Å². The molecule has 3 aromatic rings. The number of H-pyrrole nitrogens is 1.